The third-order valence-electron chi connectivity index (χ3n) is 4.67. The van der Waals surface area contributed by atoms with Crippen LogP contribution in [0.2, 0.25) is 0 Å². The van der Waals surface area contributed by atoms with Gasteiger partial charge in [0, 0.05) is 19.3 Å². The Kier molecular flexibility index (Phi) is 5.09. The molecule has 0 heterocycles. The zero-order chi connectivity index (χ0) is 14.6. The molecule has 0 radical (unpaired) electrons. The molecule has 2 rings (SSSR count). The van der Waals surface area contributed by atoms with Gasteiger partial charge in [-0.1, -0.05) is 27.2 Å². The summed E-state index contributed by atoms with van der Waals surface area (Å²) in [4.78, 5) is 0. The minimum atomic E-state index is -0.255. The maximum Gasteiger partial charge on any atom is 0.109 e. The quantitative estimate of drug-likeness (QED) is 0.723. The summed E-state index contributed by atoms with van der Waals surface area (Å²) in [7, 11) is 0. The molecule has 2 aliphatic rings. The van der Waals surface area contributed by atoms with E-state index in [1.807, 2.05) is 0 Å². The van der Waals surface area contributed by atoms with Gasteiger partial charge in [-0.05, 0) is 49.9 Å². The molecule has 2 unspecified atom stereocenters. The van der Waals surface area contributed by atoms with Crippen molar-refractivity contribution in [1.82, 2.24) is 5.32 Å². The number of nitrogens with one attached hydrogen (secondary N) is 1. The van der Waals surface area contributed by atoms with E-state index in [4.69, 9.17) is 4.74 Å². The first-order valence-electron chi connectivity index (χ1n) is 8.22. The van der Waals surface area contributed by atoms with E-state index in [0.717, 1.165) is 32.5 Å². The summed E-state index contributed by atoms with van der Waals surface area (Å²) >= 11 is 0. The van der Waals surface area contributed by atoms with Gasteiger partial charge in [0.25, 0.3) is 0 Å². The van der Waals surface area contributed by atoms with Crippen molar-refractivity contribution in [2.45, 2.75) is 77.3 Å². The van der Waals surface area contributed by atoms with Gasteiger partial charge in [0.2, 0.25) is 0 Å². The van der Waals surface area contributed by atoms with Crippen LogP contribution in [0.25, 0.3) is 0 Å². The van der Waals surface area contributed by atoms with Crippen LogP contribution >= 0.6 is 0 Å². The van der Waals surface area contributed by atoms with Crippen molar-refractivity contribution < 1.29 is 4.74 Å². The van der Waals surface area contributed by atoms with Crippen LogP contribution in [0.3, 0.4) is 0 Å². The fourth-order valence-electron chi connectivity index (χ4n) is 3.14. The van der Waals surface area contributed by atoms with Crippen LogP contribution in [0.5, 0.6) is 0 Å². The van der Waals surface area contributed by atoms with Crippen molar-refractivity contribution in [2.75, 3.05) is 13.2 Å². The molecule has 0 aromatic carbocycles. The maximum atomic E-state index is 9.62. The first-order chi connectivity index (χ1) is 9.45. The second kappa shape index (κ2) is 6.45. The Balaban J connectivity index is 1.72. The second-order valence-corrected chi connectivity index (χ2v) is 7.80. The highest BCUT2D eigenvalue weighted by Crippen LogP contribution is 2.40. The third kappa shape index (κ3) is 4.46. The van der Waals surface area contributed by atoms with Crippen LogP contribution in [0.1, 0.15) is 65.7 Å². The monoisotopic (exact) mass is 278 g/mol. The molecule has 114 valence electrons. The molecule has 0 spiro atoms. The summed E-state index contributed by atoms with van der Waals surface area (Å²) < 4.78 is 5.79. The van der Waals surface area contributed by atoms with Crippen LogP contribution in [0.15, 0.2) is 0 Å². The lowest BCUT2D eigenvalue weighted by atomic mass is 9.86. The van der Waals surface area contributed by atoms with Gasteiger partial charge >= 0.3 is 0 Å². The van der Waals surface area contributed by atoms with Crippen molar-refractivity contribution in [3.05, 3.63) is 0 Å². The zero-order valence-electron chi connectivity index (χ0n) is 13.4. The molecule has 2 atom stereocenters. The smallest absolute Gasteiger partial charge is 0.109 e. The molecule has 0 saturated heterocycles. The lowest BCUT2D eigenvalue weighted by Gasteiger charge is -2.30. The van der Waals surface area contributed by atoms with Crippen molar-refractivity contribution in [3.63, 3.8) is 0 Å². The van der Waals surface area contributed by atoms with E-state index in [0.29, 0.717) is 17.4 Å². The van der Waals surface area contributed by atoms with E-state index in [2.05, 4.69) is 32.2 Å². The lowest BCUT2D eigenvalue weighted by molar-refractivity contribution is 0.0906. The van der Waals surface area contributed by atoms with E-state index < -0.39 is 0 Å². The largest absolute Gasteiger partial charge is 0.381 e. The van der Waals surface area contributed by atoms with E-state index in [1.165, 1.54) is 25.7 Å². The maximum absolute atomic E-state index is 9.62. The second-order valence-electron chi connectivity index (χ2n) is 7.80. The molecule has 2 aliphatic carbocycles. The van der Waals surface area contributed by atoms with Crippen LogP contribution in [0, 0.1) is 22.7 Å². The lowest BCUT2D eigenvalue weighted by Crippen LogP contribution is -2.48. The average molecular weight is 278 g/mol. The predicted molar refractivity (Wildman–Crippen MR) is 81.4 cm³/mol. The van der Waals surface area contributed by atoms with Gasteiger partial charge < -0.3 is 4.74 Å². The summed E-state index contributed by atoms with van der Waals surface area (Å²) in [5.74, 6) is 0.475. The minimum Gasteiger partial charge on any atom is -0.381 e. The van der Waals surface area contributed by atoms with E-state index in [9.17, 15) is 5.26 Å². The highest BCUT2D eigenvalue weighted by atomic mass is 16.5. The first-order valence-corrected chi connectivity index (χ1v) is 8.22. The molecule has 0 amide bonds. The average Bonchev–Trinajstić information content (AvgIpc) is 3.09. The molecule has 0 aromatic heterocycles. The Hall–Kier alpha value is -0.590. The van der Waals surface area contributed by atoms with Gasteiger partial charge in [0.15, 0.2) is 0 Å². The Morgan fingerprint density at radius 3 is 2.60 bits per heavy atom. The summed E-state index contributed by atoms with van der Waals surface area (Å²) in [6, 6.07) is 3.21. The number of nitrogens with zero attached hydrogens (tertiary/aromatic N) is 1. The van der Waals surface area contributed by atoms with Crippen molar-refractivity contribution in [1.29, 1.82) is 5.26 Å². The zero-order valence-corrected chi connectivity index (χ0v) is 13.4. The fourth-order valence-corrected chi connectivity index (χ4v) is 3.14. The summed E-state index contributed by atoms with van der Waals surface area (Å²) in [6.45, 7) is 8.37. The number of hydrogen-bond donors (Lipinski definition) is 1. The Labute approximate surface area is 124 Å². The van der Waals surface area contributed by atoms with E-state index in [1.54, 1.807) is 0 Å². The standard InChI is InChI=1S/C17H30N2O/c1-16(2,3)10-12-20-11-8-14-5-4-9-17(14,13-18)19-15-6-7-15/h14-15,19H,4-12H2,1-3H3. The molecular weight excluding hydrogens is 248 g/mol. The fraction of sp³-hybridized carbons (Fsp3) is 0.941. The van der Waals surface area contributed by atoms with E-state index >= 15 is 0 Å². The predicted octanol–water partition coefficient (Wildman–Crippen LogP) is 3.64. The molecule has 0 aromatic rings. The Bertz CT molecular complexity index is 351. The van der Waals surface area contributed by atoms with Crippen LogP contribution in [-0.4, -0.2) is 24.8 Å². The van der Waals surface area contributed by atoms with Crippen LogP contribution in [-0.2, 0) is 4.74 Å². The molecule has 1 N–H and O–H groups in total. The molecule has 0 aliphatic heterocycles. The highest BCUT2D eigenvalue weighted by molar-refractivity contribution is 5.16. The third-order valence-corrected chi connectivity index (χ3v) is 4.67. The Morgan fingerprint density at radius 2 is 2.00 bits per heavy atom. The van der Waals surface area contributed by atoms with Gasteiger partial charge in [-0.25, -0.2) is 0 Å². The van der Waals surface area contributed by atoms with E-state index in [-0.39, 0.29) is 5.54 Å². The van der Waals surface area contributed by atoms with Crippen molar-refractivity contribution in [3.8, 4) is 6.07 Å². The number of rotatable bonds is 7. The summed E-state index contributed by atoms with van der Waals surface area (Å²) in [5, 5.41) is 13.2. The van der Waals surface area contributed by atoms with Crippen molar-refractivity contribution >= 4 is 0 Å². The van der Waals surface area contributed by atoms with Gasteiger partial charge in [-0.15, -0.1) is 0 Å². The highest BCUT2D eigenvalue weighted by Gasteiger charge is 2.45. The molecule has 20 heavy (non-hydrogen) atoms. The van der Waals surface area contributed by atoms with Gasteiger partial charge in [0.05, 0.1) is 6.07 Å². The topological polar surface area (TPSA) is 45.0 Å². The van der Waals surface area contributed by atoms with Crippen molar-refractivity contribution in [2.24, 2.45) is 11.3 Å². The van der Waals surface area contributed by atoms with Crippen LogP contribution < -0.4 is 5.32 Å². The Morgan fingerprint density at radius 1 is 1.25 bits per heavy atom. The molecule has 2 saturated carbocycles. The minimum absolute atomic E-state index is 0.255. The van der Waals surface area contributed by atoms with Gasteiger partial charge in [0.1, 0.15) is 5.54 Å². The molecule has 0 bridgehead atoms. The molecular formula is C17H30N2O. The van der Waals surface area contributed by atoms with Gasteiger partial charge in [-0.2, -0.15) is 5.26 Å². The van der Waals surface area contributed by atoms with Gasteiger partial charge in [-0.3, -0.25) is 5.32 Å². The first kappa shape index (κ1) is 15.8. The molecule has 2 fully saturated rings. The number of hydrogen-bond acceptors (Lipinski definition) is 3. The number of ether oxygens (including phenoxy) is 1. The number of nitriles is 1. The molecule has 3 nitrogen and oxygen atoms in total. The summed E-state index contributed by atoms with van der Waals surface area (Å²) in [5.41, 5.74) is 0.0891. The molecule has 3 heteroatoms. The summed E-state index contributed by atoms with van der Waals surface area (Å²) in [6.07, 6.45) is 8.00. The van der Waals surface area contributed by atoms with Crippen LogP contribution in [0.4, 0.5) is 0 Å². The normalized spacial score (nSPS) is 30.4. The SMILES string of the molecule is CC(C)(C)CCOCCC1CCCC1(C#N)NC1CC1.